The van der Waals surface area contributed by atoms with Crippen LogP contribution in [-0.2, 0) is 6.54 Å². The summed E-state index contributed by atoms with van der Waals surface area (Å²) in [5.41, 5.74) is 7.74. The van der Waals surface area contributed by atoms with Gasteiger partial charge in [0.1, 0.15) is 17.3 Å². The highest BCUT2D eigenvalue weighted by Gasteiger charge is 2.15. The highest BCUT2D eigenvalue weighted by Crippen LogP contribution is 2.27. The molecule has 1 aromatic heterocycles. The number of aldehydes is 1. The van der Waals surface area contributed by atoms with E-state index in [-0.39, 0.29) is 0 Å². The van der Waals surface area contributed by atoms with Crippen molar-refractivity contribution in [1.82, 2.24) is 9.78 Å². The van der Waals surface area contributed by atoms with Gasteiger partial charge in [-0.15, -0.1) is 0 Å². The lowest BCUT2D eigenvalue weighted by molar-refractivity contribution is 0.112. The zero-order valence-electron chi connectivity index (χ0n) is 10.4. The van der Waals surface area contributed by atoms with Gasteiger partial charge in [-0.25, -0.2) is 4.68 Å². The lowest BCUT2D eigenvalue weighted by atomic mass is 10.1. The number of nitrogen functional groups attached to an aromatic ring is 1. The molecule has 1 heterocycles. The van der Waals surface area contributed by atoms with Crippen LogP contribution in [0.5, 0.6) is 5.75 Å². The van der Waals surface area contributed by atoms with Crippen LogP contribution < -0.4 is 10.5 Å². The Kier molecular flexibility index (Phi) is 3.32. The molecule has 0 aliphatic heterocycles. The number of carbonyl (C=O) groups excluding carboxylic acids is 1. The van der Waals surface area contributed by atoms with Crippen molar-refractivity contribution in [2.75, 3.05) is 12.8 Å². The topological polar surface area (TPSA) is 70.1 Å². The van der Waals surface area contributed by atoms with Gasteiger partial charge in [0.15, 0.2) is 6.29 Å². The second-order valence-corrected chi connectivity index (χ2v) is 3.81. The van der Waals surface area contributed by atoms with Gasteiger partial charge in [0.25, 0.3) is 0 Å². The molecule has 0 saturated heterocycles. The van der Waals surface area contributed by atoms with Crippen molar-refractivity contribution in [1.29, 1.82) is 0 Å². The van der Waals surface area contributed by atoms with Crippen LogP contribution >= 0.6 is 0 Å². The van der Waals surface area contributed by atoms with Crippen LogP contribution in [0.3, 0.4) is 0 Å². The molecule has 1 aromatic carbocycles. The number of anilines is 1. The van der Waals surface area contributed by atoms with E-state index in [2.05, 4.69) is 5.10 Å². The van der Waals surface area contributed by atoms with Crippen LogP contribution in [0, 0.1) is 0 Å². The zero-order valence-corrected chi connectivity index (χ0v) is 10.4. The molecule has 0 atom stereocenters. The standard InChI is InChI=1S/C13H15N3O2/c1-3-16-13(14)11(8-17)12(15-16)9-4-6-10(18-2)7-5-9/h4-8H,3,14H2,1-2H3. The van der Waals surface area contributed by atoms with E-state index in [0.29, 0.717) is 23.6 Å². The van der Waals surface area contributed by atoms with Gasteiger partial charge in [-0.2, -0.15) is 5.10 Å². The maximum atomic E-state index is 11.1. The monoisotopic (exact) mass is 245 g/mol. The fraction of sp³-hybridized carbons (Fsp3) is 0.231. The van der Waals surface area contributed by atoms with E-state index >= 15 is 0 Å². The minimum atomic E-state index is 0.401. The van der Waals surface area contributed by atoms with E-state index in [0.717, 1.165) is 17.6 Å². The molecule has 2 rings (SSSR count). The average Bonchev–Trinajstić information content (AvgIpc) is 2.75. The van der Waals surface area contributed by atoms with Crippen LogP contribution in [-0.4, -0.2) is 23.2 Å². The van der Waals surface area contributed by atoms with Gasteiger partial charge in [0.2, 0.25) is 0 Å². The normalized spacial score (nSPS) is 10.3. The summed E-state index contributed by atoms with van der Waals surface area (Å²) >= 11 is 0. The van der Waals surface area contributed by atoms with Crippen LogP contribution in [0.25, 0.3) is 11.3 Å². The Morgan fingerprint density at radius 2 is 2.06 bits per heavy atom. The molecule has 2 N–H and O–H groups in total. The number of rotatable bonds is 4. The van der Waals surface area contributed by atoms with Crippen LogP contribution in [0.1, 0.15) is 17.3 Å². The molecule has 0 fully saturated rings. The number of nitrogens with zero attached hydrogens (tertiary/aromatic N) is 2. The lowest BCUT2D eigenvalue weighted by Crippen LogP contribution is -2.02. The highest BCUT2D eigenvalue weighted by atomic mass is 16.5. The summed E-state index contributed by atoms with van der Waals surface area (Å²) < 4.78 is 6.71. The van der Waals surface area contributed by atoms with Gasteiger partial charge in [0, 0.05) is 12.1 Å². The van der Waals surface area contributed by atoms with Crippen molar-refractivity contribution in [3.05, 3.63) is 29.8 Å². The second-order valence-electron chi connectivity index (χ2n) is 3.81. The van der Waals surface area contributed by atoms with Crippen molar-refractivity contribution in [3.63, 3.8) is 0 Å². The minimum Gasteiger partial charge on any atom is -0.497 e. The smallest absolute Gasteiger partial charge is 0.156 e. The first-order valence-electron chi connectivity index (χ1n) is 5.67. The quantitative estimate of drug-likeness (QED) is 0.836. The van der Waals surface area contributed by atoms with Gasteiger partial charge in [-0.3, -0.25) is 4.79 Å². The number of hydrogen-bond acceptors (Lipinski definition) is 4. The first-order valence-corrected chi connectivity index (χ1v) is 5.67. The molecular formula is C13H15N3O2. The molecule has 0 amide bonds. The molecule has 5 nitrogen and oxygen atoms in total. The fourth-order valence-electron chi connectivity index (χ4n) is 1.81. The van der Waals surface area contributed by atoms with Crippen molar-refractivity contribution in [3.8, 4) is 17.0 Å². The van der Waals surface area contributed by atoms with Crippen molar-refractivity contribution in [2.24, 2.45) is 0 Å². The maximum absolute atomic E-state index is 11.1. The first kappa shape index (κ1) is 12.2. The molecule has 0 unspecified atom stereocenters. The number of aryl methyl sites for hydroxylation is 1. The van der Waals surface area contributed by atoms with Gasteiger partial charge in [0.05, 0.1) is 12.7 Å². The summed E-state index contributed by atoms with van der Waals surface area (Å²) in [6.07, 6.45) is 0.744. The number of methoxy groups -OCH3 is 1. The highest BCUT2D eigenvalue weighted by molar-refractivity contribution is 5.91. The Balaban J connectivity index is 2.52. The SMILES string of the molecule is CCn1nc(-c2ccc(OC)cc2)c(C=O)c1N. The second kappa shape index (κ2) is 4.91. The number of ether oxygens (including phenoxy) is 1. The number of benzene rings is 1. The molecule has 0 aliphatic rings. The largest absolute Gasteiger partial charge is 0.497 e. The average molecular weight is 245 g/mol. The summed E-state index contributed by atoms with van der Waals surface area (Å²) in [6, 6.07) is 7.36. The summed E-state index contributed by atoms with van der Waals surface area (Å²) in [4.78, 5) is 11.1. The molecule has 0 aliphatic carbocycles. The summed E-state index contributed by atoms with van der Waals surface area (Å²) in [7, 11) is 1.61. The number of aromatic nitrogens is 2. The Morgan fingerprint density at radius 1 is 1.39 bits per heavy atom. The molecule has 0 saturated carbocycles. The van der Waals surface area contributed by atoms with E-state index in [1.807, 2.05) is 31.2 Å². The van der Waals surface area contributed by atoms with E-state index in [9.17, 15) is 4.79 Å². The van der Waals surface area contributed by atoms with E-state index in [1.165, 1.54) is 0 Å². The molecule has 0 spiro atoms. The number of nitrogens with two attached hydrogens (primary N) is 1. The van der Waals surface area contributed by atoms with Gasteiger partial charge in [-0.1, -0.05) is 0 Å². The third kappa shape index (κ3) is 1.95. The fourth-order valence-corrected chi connectivity index (χ4v) is 1.81. The summed E-state index contributed by atoms with van der Waals surface area (Å²) in [6.45, 7) is 2.55. The molecule has 0 radical (unpaired) electrons. The van der Waals surface area contributed by atoms with E-state index in [1.54, 1.807) is 11.8 Å². The van der Waals surface area contributed by atoms with Crippen molar-refractivity contribution in [2.45, 2.75) is 13.5 Å². The first-order chi connectivity index (χ1) is 8.71. The Hall–Kier alpha value is -2.30. The summed E-state index contributed by atoms with van der Waals surface area (Å²) in [5, 5.41) is 4.34. The minimum absolute atomic E-state index is 0.401. The molecule has 2 aromatic rings. The number of carbonyl (C=O) groups is 1. The third-order valence-electron chi connectivity index (χ3n) is 2.81. The van der Waals surface area contributed by atoms with Crippen molar-refractivity contribution >= 4 is 12.1 Å². The molecular weight excluding hydrogens is 230 g/mol. The lowest BCUT2D eigenvalue weighted by Gasteiger charge is -2.01. The Bertz CT molecular complexity index is 558. The van der Waals surface area contributed by atoms with Gasteiger partial charge in [-0.05, 0) is 31.2 Å². The van der Waals surface area contributed by atoms with Gasteiger partial charge < -0.3 is 10.5 Å². The van der Waals surface area contributed by atoms with Gasteiger partial charge >= 0.3 is 0 Å². The molecule has 0 bridgehead atoms. The summed E-state index contributed by atoms with van der Waals surface area (Å²) in [5.74, 6) is 1.16. The van der Waals surface area contributed by atoms with E-state index < -0.39 is 0 Å². The predicted molar refractivity (Wildman–Crippen MR) is 69.7 cm³/mol. The molecule has 5 heteroatoms. The van der Waals surface area contributed by atoms with Crippen LogP contribution in [0.4, 0.5) is 5.82 Å². The van der Waals surface area contributed by atoms with Crippen LogP contribution in [0.2, 0.25) is 0 Å². The molecule has 94 valence electrons. The van der Waals surface area contributed by atoms with Crippen molar-refractivity contribution < 1.29 is 9.53 Å². The van der Waals surface area contributed by atoms with Crippen LogP contribution in [0.15, 0.2) is 24.3 Å². The Morgan fingerprint density at radius 3 is 2.56 bits per heavy atom. The Labute approximate surface area is 105 Å². The van der Waals surface area contributed by atoms with E-state index in [4.69, 9.17) is 10.5 Å². The number of hydrogen-bond donors (Lipinski definition) is 1. The third-order valence-corrected chi connectivity index (χ3v) is 2.81. The predicted octanol–water partition coefficient (Wildman–Crippen LogP) is 1.97. The maximum Gasteiger partial charge on any atom is 0.156 e. The zero-order chi connectivity index (χ0) is 13.1. The molecule has 18 heavy (non-hydrogen) atoms.